The topological polar surface area (TPSA) is 73.9 Å². The highest BCUT2D eigenvalue weighted by Crippen LogP contribution is 2.39. The van der Waals surface area contributed by atoms with Crippen LogP contribution in [0.3, 0.4) is 0 Å². The van der Waals surface area contributed by atoms with Crippen molar-refractivity contribution in [1.82, 2.24) is 5.32 Å². The molecule has 0 bridgehead atoms. The minimum Gasteiger partial charge on any atom is -0.496 e. The van der Waals surface area contributed by atoms with E-state index in [0.717, 1.165) is 10.0 Å². The highest BCUT2D eigenvalue weighted by molar-refractivity contribution is 9.10. The van der Waals surface area contributed by atoms with Gasteiger partial charge in [-0.15, -0.1) is 0 Å². The lowest BCUT2D eigenvalue weighted by Gasteiger charge is -2.20. The Morgan fingerprint density at radius 1 is 1.30 bits per heavy atom. The molecule has 126 valence electrons. The normalized spacial score (nSPS) is 23.4. The van der Waals surface area contributed by atoms with Crippen molar-refractivity contribution in [3.8, 4) is 5.75 Å². The zero-order valence-corrected chi connectivity index (χ0v) is 14.9. The summed E-state index contributed by atoms with van der Waals surface area (Å²) in [7, 11) is 2.91. The van der Waals surface area contributed by atoms with E-state index in [-0.39, 0.29) is 18.0 Å². The summed E-state index contributed by atoms with van der Waals surface area (Å²) in [5, 5.41) is 3.18. The maximum atomic E-state index is 12.1. The minimum atomic E-state index is -0.548. The number of nitrogens with one attached hydrogen (secondary N) is 1. The van der Waals surface area contributed by atoms with Crippen LogP contribution < -0.4 is 10.1 Å². The first-order chi connectivity index (χ1) is 11.0. The zero-order chi connectivity index (χ0) is 17.0. The number of hydrogen-bond donors (Lipinski definition) is 1. The Hall–Kier alpha value is -1.60. The van der Waals surface area contributed by atoms with Gasteiger partial charge in [-0.25, -0.2) is 0 Å². The van der Waals surface area contributed by atoms with Gasteiger partial charge in [0.05, 0.1) is 26.7 Å². The first kappa shape index (κ1) is 17.7. The molecule has 3 unspecified atom stereocenters. The van der Waals surface area contributed by atoms with Gasteiger partial charge < -0.3 is 14.2 Å². The molecule has 1 aromatic rings. The fourth-order valence-corrected chi connectivity index (χ4v) is 3.22. The fourth-order valence-electron chi connectivity index (χ4n) is 2.84. The van der Waals surface area contributed by atoms with Gasteiger partial charge in [-0.05, 0) is 31.5 Å². The van der Waals surface area contributed by atoms with Gasteiger partial charge in [0.15, 0.2) is 0 Å². The molecule has 7 heteroatoms. The number of methoxy groups -OCH3 is 2. The van der Waals surface area contributed by atoms with Gasteiger partial charge in [0, 0.05) is 16.1 Å². The molecule has 1 heterocycles. The largest absolute Gasteiger partial charge is 0.496 e. The van der Waals surface area contributed by atoms with E-state index in [1.807, 2.05) is 18.2 Å². The van der Waals surface area contributed by atoms with Crippen molar-refractivity contribution >= 4 is 27.9 Å². The highest BCUT2D eigenvalue weighted by atomic mass is 79.9. The van der Waals surface area contributed by atoms with Gasteiger partial charge in [-0.2, -0.15) is 0 Å². The van der Waals surface area contributed by atoms with E-state index in [1.165, 1.54) is 7.11 Å². The molecule has 0 aliphatic carbocycles. The van der Waals surface area contributed by atoms with Crippen LogP contribution in [0.5, 0.6) is 5.75 Å². The predicted octanol–water partition coefficient (Wildman–Crippen LogP) is 2.21. The minimum absolute atomic E-state index is 0.296. The number of carbonyl (C=O) groups excluding carboxylic acids is 2. The van der Waals surface area contributed by atoms with E-state index in [2.05, 4.69) is 21.2 Å². The van der Waals surface area contributed by atoms with E-state index in [0.29, 0.717) is 18.8 Å². The monoisotopic (exact) mass is 385 g/mol. The van der Waals surface area contributed by atoms with Crippen LogP contribution in [0.15, 0.2) is 22.7 Å². The number of ether oxygens (including phenoxy) is 3. The molecular weight excluding hydrogens is 366 g/mol. The summed E-state index contributed by atoms with van der Waals surface area (Å²) in [4.78, 5) is 24.2. The number of benzene rings is 1. The second-order valence-electron chi connectivity index (χ2n) is 5.20. The Balaban J connectivity index is 2.35. The third-order valence-corrected chi connectivity index (χ3v) is 4.37. The van der Waals surface area contributed by atoms with E-state index < -0.39 is 12.0 Å². The Kier molecular flexibility index (Phi) is 6.01. The number of carbonyl (C=O) groups is 2. The van der Waals surface area contributed by atoms with E-state index in [4.69, 9.17) is 14.2 Å². The molecule has 1 fully saturated rings. The maximum Gasteiger partial charge on any atom is 0.323 e. The molecule has 23 heavy (non-hydrogen) atoms. The molecule has 6 nitrogen and oxygen atoms in total. The Bertz CT molecular complexity index is 592. The molecule has 0 amide bonds. The molecule has 1 aromatic carbocycles. The number of hydrogen-bond acceptors (Lipinski definition) is 6. The average Bonchev–Trinajstić information content (AvgIpc) is 2.99. The van der Waals surface area contributed by atoms with Crippen molar-refractivity contribution in [2.45, 2.75) is 25.4 Å². The van der Waals surface area contributed by atoms with Gasteiger partial charge in [0.1, 0.15) is 11.8 Å². The smallest absolute Gasteiger partial charge is 0.323 e. The van der Waals surface area contributed by atoms with Crippen LogP contribution in [-0.2, 0) is 19.1 Å². The van der Waals surface area contributed by atoms with Crippen LogP contribution in [0, 0.1) is 5.92 Å². The van der Waals surface area contributed by atoms with Crippen LogP contribution in [0.4, 0.5) is 0 Å². The Morgan fingerprint density at radius 2 is 2.04 bits per heavy atom. The lowest BCUT2D eigenvalue weighted by molar-refractivity contribution is -0.146. The number of rotatable bonds is 5. The summed E-state index contributed by atoms with van der Waals surface area (Å²) < 4.78 is 16.2. The number of halogens is 1. The predicted molar refractivity (Wildman–Crippen MR) is 87.1 cm³/mol. The Morgan fingerprint density at radius 3 is 2.65 bits per heavy atom. The van der Waals surface area contributed by atoms with Gasteiger partial charge in [-0.1, -0.05) is 15.9 Å². The second kappa shape index (κ2) is 7.79. The van der Waals surface area contributed by atoms with Crippen LogP contribution in [0.25, 0.3) is 0 Å². The SMILES string of the molecule is CCOC(=O)C1CC(C(=O)OC)C(c2cc(Br)ccc2OC)N1. The molecule has 1 aliphatic rings. The maximum absolute atomic E-state index is 12.1. The van der Waals surface area contributed by atoms with E-state index in [1.54, 1.807) is 14.0 Å². The molecular formula is C16H20BrNO5. The third kappa shape index (κ3) is 3.84. The summed E-state index contributed by atoms with van der Waals surface area (Å²) in [6.07, 6.45) is 0.325. The summed E-state index contributed by atoms with van der Waals surface area (Å²) in [6, 6.07) is 4.61. The van der Waals surface area contributed by atoms with Crippen LogP contribution in [-0.4, -0.2) is 38.8 Å². The molecule has 0 radical (unpaired) electrons. The van der Waals surface area contributed by atoms with Gasteiger partial charge in [0.2, 0.25) is 0 Å². The first-order valence-electron chi connectivity index (χ1n) is 7.35. The summed E-state index contributed by atoms with van der Waals surface area (Å²) in [5.74, 6) is -0.573. The Labute approximate surface area is 143 Å². The molecule has 1 N–H and O–H groups in total. The summed E-state index contributed by atoms with van der Waals surface area (Å²) >= 11 is 3.42. The molecule has 2 rings (SSSR count). The lowest BCUT2D eigenvalue weighted by atomic mass is 9.93. The molecule has 0 aromatic heterocycles. The first-order valence-corrected chi connectivity index (χ1v) is 8.15. The lowest BCUT2D eigenvalue weighted by Crippen LogP contribution is -2.34. The molecule has 3 atom stereocenters. The fraction of sp³-hybridized carbons (Fsp3) is 0.500. The van der Waals surface area contributed by atoms with Crippen molar-refractivity contribution in [2.75, 3.05) is 20.8 Å². The second-order valence-corrected chi connectivity index (χ2v) is 6.12. The molecule has 0 spiro atoms. The molecule has 1 saturated heterocycles. The van der Waals surface area contributed by atoms with Gasteiger partial charge in [-0.3, -0.25) is 14.9 Å². The third-order valence-electron chi connectivity index (χ3n) is 3.87. The van der Waals surface area contributed by atoms with Crippen LogP contribution >= 0.6 is 15.9 Å². The number of esters is 2. The van der Waals surface area contributed by atoms with Crippen molar-refractivity contribution in [1.29, 1.82) is 0 Å². The van der Waals surface area contributed by atoms with Gasteiger partial charge >= 0.3 is 11.9 Å². The standard InChI is InChI=1S/C16H20BrNO5/c1-4-23-16(20)12-8-11(15(19)22-3)14(18-12)10-7-9(17)5-6-13(10)21-2/h5-7,11-12,14,18H,4,8H2,1-3H3. The summed E-state index contributed by atoms with van der Waals surface area (Å²) in [5.41, 5.74) is 0.795. The van der Waals surface area contributed by atoms with Crippen LogP contribution in [0.1, 0.15) is 24.9 Å². The van der Waals surface area contributed by atoms with Crippen molar-refractivity contribution in [3.05, 3.63) is 28.2 Å². The van der Waals surface area contributed by atoms with E-state index >= 15 is 0 Å². The average molecular weight is 386 g/mol. The molecule has 1 aliphatic heterocycles. The quantitative estimate of drug-likeness (QED) is 0.783. The summed E-state index contributed by atoms with van der Waals surface area (Å²) in [6.45, 7) is 2.05. The zero-order valence-electron chi connectivity index (χ0n) is 13.3. The van der Waals surface area contributed by atoms with E-state index in [9.17, 15) is 9.59 Å². The van der Waals surface area contributed by atoms with Crippen molar-refractivity contribution < 1.29 is 23.8 Å². The highest BCUT2D eigenvalue weighted by Gasteiger charge is 2.44. The van der Waals surface area contributed by atoms with Gasteiger partial charge in [0.25, 0.3) is 0 Å². The van der Waals surface area contributed by atoms with Crippen molar-refractivity contribution in [2.24, 2.45) is 5.92 Å². The molecule has 0 saturated carbocycles. The van der Waals surface area contributed by atoms with Crippen LogP contribution in [0.2, 0.25) is 0 Å². The van der Waals surface area contributed by atoms with Crippen molar-refractivity contribution in [3.63, 3.8) is 0 Å².